The van der Waals surface area contributed by atoms with Crippen molar-refractivity contribution < 1.29 is 14.3 Å². The number of aryl methyl sites for hydroxylation is 2. The van der Waals surface area contributed by atoms with Crippen molar-refractivity contribution in [2.24, 2.45) is 0 Å². The third-order valence-corrected chi connectivity index (χ3v) is 5.57. The highest BCUT2D eigenvalue weighted by molar-refractivity contribution is 6.42. The van der Waals surface area contributed by atoms with Gasteiger partial charge in [-0.15, -0.1) is 0 Å². The van der Waals surface area contributed by atoms with Crippen LogP contribution < -0.4 is 10.1 Å². The molecule has 5 nitrogen and oxygen atoms in total. The molecule has 0 fully saturated rings. The third-order valence-electron chi connectivity index (χ3n) is 4.84. The fraction of sp³-hybridized carbons (Fsp3) is 0.417. The summed E-state index contributed by atoms with van der Waals surface area (Å²) < 4.78 is 5.80. The van der Waals surface area contributed by atoms with Crippen molar-refractivity contribution in [2.45, 2.75) is 59.7 Å². The highest BCUT2D eigenvalue weighted by Gasteiger charge is 2.29. The maximum atomic E-state index is 13.2. The van der Waals surface area contributed by atoms with E-state index in [2.05, 4.69) is 5.32 Å². The van der Waals surface area contributed by atoms with Crippen LogP contribution in [-0.2, 0) is 16.1 Å². The van der Waals surface area contributed by atoms with E-state index >= 15 is 0 Å². The topological polar surface area (TPSA) is 58.6 Å². The molecule has 1 unspecified atom stereocenters. The first kappa shape index (κ1) is 25.0. The molecule has 0 bridgehead atoms. The summed E-state index contributed by atoms with van der Waals surface area (Å²) in [5.41, 5.74) is 2.85. The van der Waals surface area contributed by atoms with Gasteiger partial charge in [0.1, 0.15) is 11.8 Å². The van der Waals surface area contributed by atoms with Crippen LogP contribution in [0.1, 0.15) is 43.9 Å². The molecule has 0 aromatic heterocycles. The van der Waals surface area contributed by atoms with Crippen LogP contribution in [-0.4, -0.2) is 35.4 Å². The van der Waals surface area contributed by atoms with E-state index in [1.165, 1.54) is 0 Å². The fourth-order valence-corrected chi connectivity index (χ4v) is 3.64. The van der Waals surface area contributed by atoms with E-state index in [9.17, 15) is 9.59 Å². The molecule has 2 aromatic rings. The van der Waals surface area contributed by atoms with Crippen molar-refractivity contribution in [3.8, 4) is 5.75 Å². The molecular formula is C24H30Cl2N2O3. The van der Waals surface area contributed by atoms with Crippen LogP contribution >= 0.6 is 23.2 Å². The van der Waals surface area contributed by atoms with E-state index in [4.69, 9.17) is 27.9 Å². The summed E-state index contributed by atoms with van der Waals surface area (Å²) in [6, 6.07) is 10.3. The molecular weight excluding hydrogens is 435 g/mol. The van der Waals surface area contributed by atoms with Crippen molar-refractivity contribution in [2.75, 3.05) is 6.61 Å². The van der Waals surface area contributed by atoms with Crippen LogP contribution in [0, 0.1) is 13.8 Å². The molecule has 31 heavy (non-hydrogen) atoms. The predicted molar refractivity (Wildman–Crippen MR) is 126 cm³/mol. The van der Waals surface area contributed by atoms with Gasteiger partial charge in [-0.05, 0) is 63.4 Å². The van der Waals surface area contributed by atoms with Crippen LogP contribution in [0.3, 0.4) is 0 Å². The summed E-state index contributed by atoms with van der Waals surface area (Å²) in [4.78, 5) is 27.6. The monoisotopic (exact) mass is 464 g/mol. The van der Waals surface area contributed by atoms with Gasteiger partial charge >= 0.3 is 0 Å². The molecule has 2 rings (SSSR count). The van der Waals surface area contributed by atoms with Gasteiger partial charge in [0.25, 0.3) is 5.91 Å². The summed E-state index contributed by atoms with van der Waals surface area (Å²) in [6.45, 7) is 9.64. The van der Waals surface area contributed by atoms with E-state index in [1.54, 1.807) is 23.1 Å². The quantitative estimate of drug-likeness (QED) is 0.545. The van der Waals surface area contributed by atoms with Crippen molar-refractivity contribution in [1.29, 1.82) is 0 Å². The highest BCUT2D eigenvalue weighted by Crippen LogP contribution is 2.24. The Morgan fingerprint density at radius 1 is 1.06 bits per heavy atom. The minimum absolute atomic E-state index is 0.0325. The molecule has 0 saturated carbocycles. The lowest BCUT2D eigenvalue weighted by Gasteiger charge is -2.31. The zero-order valence-electron chi connectivity index (χ0n) is 18.7. The molecule has 0 aliphatic carbocycles. The standard InChI is InChI=1S/C24H30Cl2N2O3/c1-6-21(24(30)27-15(2)3)28(13-18-8-9-19(25)20(26)12-18)23(29)14-31-22-10-7-16(4)11-17(22)5/h7-12,15,21H,6,13-14H2,1-5H3,(H,27,30). The molecule has 168 valence electrons. The molecule has 0 aliphatic heterocycles. The van der Waals surface area contributed by atoms with Crippen molar-refractivity contribution in [3.05, 3.63) is 63.1 Å². The maximum Gasteiger partial charge on any atom is 0.261 e. The van der Waals surface area contributed by atoms with Gasteiger partial charge in [-0.2, -0.15) is 0 Å². The van der Waals surface area contributed by atoms with Crippen LogP contribution in [0.5, 0.6) is 5.75 Å². The van der Waals surface area contributed by atoms with E-state index < -0.39 is 6.04 Å². The van der Waals surface area contributed by atoms with Gasteiger partial charge in [0.15, 0.2) is 6.61 Å². The van der Waals surface area contributed by atoms with Gasteiger partial charge < -0.3 is 15.0 Å². The number of ether oxygens (including phenoxy) is 1. The van der Waals surface area contributed by atoms with Gasteiger partial charge in [-0.3, -0.25) is 9.59 Å². The van der Waals surface area contributed by atoms with Crippen molar-refractivity contribution >= 4 is 35.0 Å². The number of rotatable bonds is 9. The molecule has 1 atom stereocenters. The van der Waals surface area contributed by atoms with Crippen LogP contribution in [0.2, 0.25) is 10.0 Å². The summed E-state index contributed by atoms with van der Waals surface area (Å²) in [5.74, 6) is 0.169. The second kappa shape index (κ2) is 11.4. The smallest absolute Gasteiger partial charge is 0.261 e. The lowest BCUT2D eigenvalue weighted by atomic mass is 10.1. The summed E-state index contributed by atoms with van der Waals surface area (Å²) >= 11 is 12.2. The number of hydrogen-bond acceptors (Lipinski definition) is 3. The van der Waals surface area contributed by atoms with Gasteiger partial charge in [-0.25, -0.2) is 0 Å². The maximum absolute atomic E-state index is 13.2. The SMILES string of the molecule is CCC(C(=O)NC(C)C)N(Cc1ccc(Cl)c(Cl)c1)C(=O)COc1ccc(C)cc1C. The molecule has 0 aliphatic rings. The van der Waals surface area contributed by atoms with Gasteiger partial charge in [0.2, 0.25) is 5.91 Å². The number of nitrogens with one attached hydrogen (secondary N) is 1. The van der Waals surface area contributed by atoms with Crippen molar-refractivity contribution in [3.63, 3.8) is 0 Å². The summed E-state index contributed by atoms with van der Waals surface area (Å²) in [7, 11) is 0. The second-order valence-corrected chi connectivity index (χ2v) is 8.73. The Bertz CT molecular complexity index is 931. The van der Waals surface area contributed by atoms with Crippen LogP contribution in [0.15, 0.2) is 36.4 Å². The number of carbonyl (C=O) groups excluding carboxylic acids is 2. The molecule has 2 amide bonds. The first-order chi connectivity index (χ1) is 14.6. The Balaban J connectivity index is 2.26. The average molecular weight is 465 g/mol. The van der Waals surface area contributed by atoms with E-state index in [0.717, 1.165) is 16.7 Å². The fourth-order valence-electron chi connectivity index (χ4n) is 3.32. The third kappa shape index (κ3) is 7.15. The largest absolute Gasteiger partial charge is 0.483 e. The van der Waals surface area contributed by atoms with E-state index in [0.29, 0.717) is 22.2 Å². The van der Waals surface area contributed by atoms with Gasteiger partial charge in [-0.1, -0.05) is 53.9 Å². The Kier molecular flexibility index (Phi) is 9.20. The minimum atomic E-state index is -0.632. The number of hydrogen-bond donors (Lipinski definition) is 1. The molecule has 0 heterocycles. The number of amides is 2. The lowest BCUT2D eigenvalue weighted by Crippen LogP contribution is -2.51. The van der Waals surface area contributed by atoms with E-state index in [-0.39, 0.29) is 31.0 Å². The Labute approximate surface area is 194 Å². The molecule has 7 heteroatoms. The molecule has 1 N–H and O–H groups in total. The summed E-state index contributed by atoms with van der Waals surface area (Å²) in [5, 5.41) is 3.74. The Morgan fingerprint density at radius 2 is 1.77 bits per heavy atom. The number of nitrogens with zero attached hydrogens (tertiary/aromatic N) is 1. The first-order valence-corrected chi connectivity index (χ1v) is 11.1. The zero-order valence-corrected chi connectivity index (χ0v) is 20.2. The zero-order chi connectivity index (χ0) is 23.1. The summed E-state index contributed by atoms with van der Waals surface area (Å²) in [6.07, 6.45) is 0.467. The Hall–Kier alpha value is -2.24. The normalized spacial score (nSPS) is 11.9. The number of benzene rings is 2. The average Bonchev–Trinajstić information content (AvgIpc) is 2.69. The lowest BCUT2D eigenvalue weighted by molar-refractivity contribution is -0.143. The Morgan fingerprint density at radius 3 is 2.35 bits per heavy atom. The van der Waals surface area contributed by atoms with Gasteiger partial charge in [0.05, 0.1) is 10.0 Å². The minimum Gasteiger partial charge on any atom is -0.483 e. The molecule has 0 saturated heterocycles. The van der Waals surface area contributed by atoms with Crippen molar-refractivity contribution in [1.82, 2.24) is 10.2 Å². The van der Waals surface area contributed by atoms with Crippen LogP contribution in [0.4, 0.5) is 0 Å². The van der Waals surface area contributed by atoms with E-state index in [1.807, 2.05) is 52.8 Å². The second-order valence-electron chi connectivity index (χ2n) is 7.92. The highest BCUT2D eigenvalue weighted by atomic mass is 35.5. The number of carbonyl (C=O) groups is 2. The predicted octanol–water partition coefficient (Wildman–Crippen LogP) is 5.32. The molecule has 0 radical (unpaired) electrons. The van der Waals surface area contributed by atoms with Gasteiger partial charge in [0, 0.05) is 12.6 Å². The molecule has 2 aromatic carbocycles. The molecule has 0 spiro atoms. The first-order valence-electron chi connectivity index (χ1n) is 10.4. The van der Waals surface area contributed by atoms with Crippen LogP contribution in [0.25, 0.3) is 0 Å². The number of halogens is 2.